The maximum Gasteiger partial charge on any atom is 0.321 e. The van der Waals surface area contributed by atoms with E-state index in [0.29, 0.717) is 31.1 Å². The smallest absolute Gasteiger partial charge is 0.321 e. The highest BCUT2D eigenvalue weighted by molar-refractivity contribution is 5.89. The second-order valence-corrected chi connectivity index (χ2v) is 4.92. The molecular weight excluding hydrogens is 278 g/mol. The maximum absolute atomic E-state index is 12.2. The fourth-order valence-electron chi connectivity index (χ4n) is 2.23. The number of amides is 2. The first kappa shape index (κ1) is 15.8. The van der Waals surface area contributed by atoms with Crippen molar-refractivity contribution in [1.82, 2.24) is 9.80 Å². The molecule has 1 aromatic rings. The quantitative estimate of drug-likeness (QED) is 0.856. The molecule has 0 aromatic heterocycles. The second kappa shape index (κ2) is 7.97. The van der Waals surface area contributed by atoms with Crippen LogP contribution in [-0.2, 0) is 0 Å². The molecule has 0 atom stereocenters. The fraction of sp³-hybridized carbons (Fsp3) is 0.353. The summed E-state index contributed by atoms with van der Waals surface area (Å²) >= 11 is 0. The molecule has 1 aromatic carbocycles. The van der Waals surface area contributed by atoms with Gasteiger partial charge in [-0.3, -0.25) is 4.90 Å². The van der Waals surface area contributed by atoms with Crippen LogP contribution in [0.4, 0.5) is 10.5 Å². The molecule has 0 radical (unpaired) electrons. The summed E-state index contributed by atoms with van der Waals surface area (Å²) in [5, 5.41) is 2.87. The Labute approximate surface area is 131 Å². The molecule has 1 fully saturated rings. The van der Waals surface area contributed by atoms with E-state index in [0.717, 1.165) is 13.1 Å². The number of nitrogens with zero attached hydrogens (tertiary/aromatic N) is 2. The van der Waals surface area contributed by atoms with Crippen molar-refractivity contribution in [3.05, 3.63) is 24.3 Å². The predicted molar refractivity (Wildman–Crippen MR) is 86.6 cm³/mol. The third-order valence-electron chi connectivity index (χ3n) is 3.38. The normalized spacial score (nSPS) is 14.7. The lowest BCUT2D eigenvalue weighted by Gasteiger charge is -2.33. The van der Waals surface area contributed by atoms with E-state index in [1.165, 1.54) is 0 Å². The van der Waals surface area contributed by atoms with Crippen LogP contribution >= 0.6 is 0 Å². The zero-order valence-corrected chi connectivity index (χ0v) is 12.4. The fourth-order valence-corrected chi connectivity index (χ4v) is 2.23. The van der Waals surface area contributed by atoms with Gasteiger partial charge in [0.15, 0.2) is 0 Å². The topological polar surface area (TPSA) is 44.8 Å². The molecule has 22 heavy (non-hydrogen) atoms. The highest BCUT2D eigenvalue weighted by Gasteiger charge is 2.20. The number of hydrogen-bond donors (Lipinski definition) is 1. The van der Waals surface area contributed by atoms with Crippen molar-refractivity contribution in [3.63, 3.8) is 0 Å². The number of nitrogens with one attached hydrogen (secondary N) is 1. The molecule has 0 spiro atoms. The molecule has 5 nitrogen and oxygen atoms in total. The summed E-state index contributed by atoms with van der Waals surface area (Å²) in [6.07, 6.45) is 10.5. The molecule has 0 aliphatic carbocycles. The van der Waals surface area contributed by atoms with E-state index in [1.807, 2.05) is 12.1 Å². The SMILES string of the molecule is C#CCOc1cccc(NC(=O)N2CCN(CC#C)CC2)c1. The Morgan fingerprint density at radius 1 is 1.23 bits per heavy atom. The Hall–Kier alpha value is -2.63. The first-order valence-corrected chi connectivity index (χ1v) is 7.11. The van der Waals surface area contributed by atoms with Crippen LogP contribution in [0.15, 0.2) is 24.3 Å². The zero-order chi connectivity index (χ0) is 15.8. The Morgan fingerprint density at radius 2 is 2.00 bits per heavy atom. The summed E-state index contributed by atoms with van der Waals surface area (Å²) in [5.41, 5.74) is 0.686. The maximum atomic E-state index is 12.2. The lowest BCUT2D eigenvalue weighted by Crippen LogP contribution is -2.50. The second-order valence-electron chi connectivity index (χ2n) is 4.92. The van der Waals surface area contributed by atoms with Crippen molar-refractivity contribution in [1.29, 1.82) is 0 Å². The molecule has 1 heterocycles. The van der Waals surface area contributed by atoms with E-state index < -0.39 is 0 Å². The Bertz CT molecular complexity index is 593. The predicted octanol–water partition coefficient (Wildman–Crippen LogP) is 1.48. The minimum absolute atomic E-state index is 0.116. The summed E-state index contributed by atoms with van der Waals surface area (Å²) in [7, 11) is 0. The number of rotatable bonds is 4. The number of carbonyl (C=O) groups excluding carboxylic acids is 1. The standard InChI is InChI=1S/C17H19N3O2/c1-3-8-19-9-11-20(12-10-19)17(21)18-15-6-5-7-16(14-15)22-13-4-2/h1-2,5-7,14H,8-13H2,(H,18,21). The monoisotopic (exact) mass is 297 g/mol. The molecule has 1 aliphatic heterocycles. The molecule has 1 aliphatic rings. The number of piperazine rings is 1. The van der Waals surface area contributed by atoms with Crippen LogP contribution in [0.25, 0.3) is 0 Å². The highest BCUT2D eigenvalue weighted by atomic mass is 16.5. The number of anilines is 1. The van der Waals surface area contributed by atoms with E-state index in [1.54, 1.807) is 17.0 Å². The number of hydrogen-bond acceptors (Lipinski definition) is 3. The van der Waals surface area contributed by atoms with Gasteiger partial charge in [0.2, 0.25) is 0 Å². The van der Waals surface area contributed by atoms with Crippen molar-refractivity contribution in [2.75, 3.05) is 44.6 Å². The van der Waals surface area contributed by atoms with Crippen LogP contribution in [0.2, 0.25) is 0 Å². The van der Waals surface area contributed by atoms with Gasteiger partial charge in [-0.2, -0.15) is 0 Å². The van der Waals surface area contributed by atoms with Crippen LogP contribution in [0.3, 0.4) is 0 Å². The molecular formula is C17H19N3O2. The van der Waals surface area contributed by atoms with E-state index in [2.05, 4.69) is 22.1 Å². The summed E-state index contributed by atoms with van der Waals surface area (Å²) in [5.74, 6) is 5.66. The van der Waals surface area contributed by atoms with Crippen molar-refractivity contribution < 1.29 is 9.53 Å². The van der Waals surface area contributed by atoms with Gasteiger partial charge in [-0.15, -0.1) is 12.8 Å². The summed E-state index contributed by atoms with van der Waals surface area (Å²) in [6.45, 7) is 3.76. The van der Waals surface area contributed by atoms with Crippen molar-refractivity contribution >= 4 is 11.7 Å². The van der Waals surface area contributed by atoms with E-state index in [-0.39, 0.29) is 12.6 Å². The molecule has 5 heteroatoms. The minimum atomic E-state index is -0.116. The number of terminal acetylenes is 2. The Balaban J connectivity index is 1.87. The van der Waals surface area contributed by atoms with Crippen LogP contribution < -0.4 is 10.1 Å². The lowest BCUT2D eigenvalue weighted by molar-refractivity contribution is 0.157. The van der Waals surface area contributed by atoms with E-state index in [4.69, 9.17) is 17.6 Å². The van der Waals surface area contributed by atoms with Gasteiger partial charge in [0.25, 0.3) is 0 Å². The van der Waals surface area contributed by atoms with Gasteiger partial charge in [0.1, 0.15) is 12.4 Å². The van der Waals surface area contributed by atoms with Crippen molar-refractivity contribution in [3.8, 4) is 30.4 Å². The third kappa shape index (κ3) is 4.44. The van der Waals surface area contributed by atoms with Gasteiger partial charge in [-0.25, -0.2) is 4.79 Å². The molecule has 1 N–H and O–H groups in total. The van der Waals surface area contributed by atoms with Gasteiger partial charge < -0.3 is 15.0 Å². The van der Waals surface area contributed by atoms with Gasteiger partial charge >= 0.3 is 6.03 Å². The first-order chi connectivity index (χ1) is 10.7. The number of urea groups is 1. The minimum Gasteiger partial charge on any atom is -0.481 e. The first-order valence-electron chi connectivity index (χ1n) is 7.11. The molecule has 0 unspecified atom stereocenters. The average Bonchev–Trinajstić information content (AvgIpc) is 2.54. The van der Waals surface area contributed by atoms with Gasteiger partial charge in [0, 0.05) is 37.9 Å². The zero-order valence-electron chi connectivity index (χ0n) is 12.4. The van der Waals surface area contributed by atoms with Gasteiger partial charge in [-0.05, 0) is 12.1 Å². The van der Waals surface area contributed by atoms with Crippen LogP contribution in [0.5, 0.6) is 5.75 Å². The number of benzene rings is 1. The van der Waals surface area contributed by atoms with Crippen LogP contribution in [0.1, 0.15) is 0 Å². The number of ether oxygens (including phenoxy) is 1. The van der Waals surface area contributed by atoms with Crippen LogP contribution in [-0.4, -0.2) is 55.2 Å². The van der Waals surface area contributed by atoms with Gasteiger partial charge in [0.05, 0.1) is 6.54 Å². The molecule has 1 saturated heterocycles. The van der Waals surface area contributed by atoms with Gasteiger partial charge in [-0.1, -0.05) is 17.9 Å². The van der Waals surface area contributed by atoms with E-state index >= 15 is 0 Å². The summed E-state index contributed by atoms with van der Waals surface area (Å²) < 4.78 is 5.34. The van der Waals surface area contributed by atoms with Crippen LogP contribution in [0, 0.1) is 24.7 Å². The highest BCUT2D eigenvalue weighted by Crippen LogP contribution is 2.18. The Kier molecular flexibility index (Phi) is 5.71. The molecule has 2 rings (SSSR count). The van der Waals surface area contributed by atoms with Crippen molar-refractivity contribution in [2.45, 2.75) is 0 Å². The largest absolute Gasteiger partial charge is 0.481 e. The molecule has 0 bridgehead atoms. The van der Waals surface area contributed by atoms with Crippen molar-refractivity contribution in [2.24, 2.45) is 0 Å². The average molecular weight is 297 g/mol. The third-order valence-corrected chi connectivity index (χ3v) is 3.38. The summed E-state index contributed by atoms with van der Waals surface area (Å²) in [6, 6.07) is 7.06. The summed E-state index contributed by atoms with van der Waals surface area (Å²) in [4.78, 5) is 16.2. The number of carbonyl (C=O) groups is 1. The molecule has 2 amide bonds. The van der Waals surface area contributed by atoms with E-state index in [9.17, 15) is 4.79 Å². The molecule has 0 saturated carbocycles. The lowest BCUT2D eigenvalue weighted by atomic mass is 10.3. The molecule has 114 valence electrons. The Morgan fingerprint density at radius 3 is 2.68 bits per heavy atom.